The van der Waals surface area contributed by atoms with Crippen molar-refractivity contribution in [1.29, 1.82) is 0 Å². The average molecular weight is 357 g/mol. The highest BCUT2D eigenvalue weighted by molar-refractivity contribution is 7.94. The number of hydrogen-bond donors (Lipinski definition) is 0. The fraction of sp³-hybridized carbons (Fsp3) is 1.00. The molecule has 86 valence electrons. The molecule has 0 saturated heterocycles. The maximum Gasteiger partial charge on any atom is 0.482 e. The Morgan fingerprint density at radius 3 is 1.79 bits per heavy atom. The lowest BCUT2D eigenvalue weighted by Gasteiger charge is -2.11. The Bertz CT molecular complexity index is 280. The first-order valence-corrected chi connectivity index (χ1v) is 6.57. The van der Waals surface area contributed by atoms with E-state index >= 15 is 0 Å². The van der Waals surface area contributed by atoms with E-state index in [0.29, 0.717) is 0 Å². The maximum absolute atomic E-state index is 11.5. The Hall–Kier alpha value is 0.220. The van der Waals surface area contributed by atoms with Crippen LogP contribution in [0.4, 0.5) is 26.3 Å². The van der Waals surface area contributed by atoms with Gasteiger partial charge in [0.2, 0.25) is 35.9 Å². The van der Waals surface area contributed by atoms with Crippen LogP contribution in [0.25, 0.3) is 2.94 Å². The van der Waals surface area contributed by atoms with E-state index in [1.807, 2.05) is 2.94 Å². The van der Waals surface area contributed by atoms with Gasteiger partial charge < -0.3 is 0 Å². The summed E-state index contributed by atoms with van der Waals surface area (Å²) in [6.45, 7) is 0. The summed E-state index contributed by atoms with van der Waals surface area (Å²) in [5.41, 5.74) is -5.61. The van der Waals surface area contributed by atoms with E-state index in [9.17, 15) is 34.8 Å². The van der Waals surface area contributed by atoms with Crippen LogP contribution in [0.1, 0.15) is 0 Å². The summed E-state index contributed by atoms with van der Waals surface area (Å²) in [5, 5.41) is 0. The molecule has 0 bridgehead atoms. The number of halogens is 7. The van der Waals surface area contributed by atoms with Gasteiger partial charge in [0.15, 0.2) is 0 Å². The second-order valence-corrected chi connectivity index (χ2v) is 6.04. The summed E-state index contributed by atoms with van der Waals surface area (Å²) < 4.78 is 89.4. The largest absolute Gasteiger partial charge is 0.482 e. The van der Waals surface area contributed by atoms with Gasteiger partial charge in [-0.05, 0) is 0 Å². The van der Waals surface area contributed by atoms with E-state index in [4.69, 9.17) is 0 Å². The van der Waals surface area contributed by atoms with Crippen LogP contribution in [0.2, 0.25) is 0 Å². The predicted molar refractivity (Wildman–Crippen MR) is 29.3 cm³/mol. The second-order valence-electron chi connectivity index (χ2n) is 1.86. The molecule has 0 rings (SSSR count). The van der Waals surface area contributed by atoms with Crippen molar-refractivity contribution in [1.82, 2.24) is 0 Å². The zero-order valence-electron chi connectivity index (χ0n) is 6.02. The molecule has 0 saturated carbocycles. The van der Waals surface area contributed by atoms with Gasteiger partial charge in [0.05, 0.1) is 0 Å². The fourth-order valence-electron chi connectivity index (χ4n) is 0.196. The lowest BCUT2D eigenvalue weighted by Crippen LogP contribution is -3.61. The molecule has 0 spiro atoms. The molecule has 0 N–H and O–H groups in total. The van der Waals surface area contributed by atoms with Crippen LogP contribution in [0.15, 0.2) is 0 Å². The smallest absolute Gasteiger partial charge is 0.283 e. The van der Waals surface area contributed by atoms with E-state index in [0.717, 1.165) is 0 Å². The van der Waals surface area contributed by atoms with Crippen LogP contribution in [0.3, 0.4) is 0 Å². The number of alkyl halides is 7. The van der Waals surface area contributed by atoms with Crippen molar-refractivity contribution in [3.8, 4) is 0 Å². The predicted octanol–water partition coefficient (Wildman–Crippen LogP) is -1.22. The molecule has 0 fully saturated rings. The van der Waals surface area contributed by atoms with Gasteiger partial charge in [-0.3, -0.25) is 2.94 Å². The maximum atomic E-state index is 11.5. The molecule has 0 aromatic heterocycles. The summed E-state index contributed by atoms with van der Waals surface area (Å²) in [4.78, 5) is 0. The first-order chi connectivity index (χ1) is 5.96. The van der Waals surface area contributed by atoms with Gasteiger partial charge in [-0.1, -0.05) is 0 Å². The van der Waals surface area contributed by atoms with Crippen LogP contribution in [0, 0.1) is 0 Å². The molecule has 3 nitrogen and oxygen atoms in total. The van der Waals surface area contributed by atoms with E-state index in [-0.39, 0.29) is 0 Å². The molecule has 0 aromatic carbocycles. The van der Waals surface area contributed by atoms with Gasteiger partial charge in [-0.25, -0.2) is 8.42 Å². The molecule has 0 aromatic rings. The third-order valence-corrected chi connectivity index (χ3v) is 5.11. The van der Waals surface area contributed by atoms with Crippen molar-refractivity contribution in [2.75, 3.05) is 4.43 Å². The Labute approximate surface area is 85.5 Å². The molecular weight excluding hydrogens is 355 g/mol. The summed E-state index contributed by atoms with van der Waals surface area (Å²) in [5.74, 6) is 0. The third-order valence-electron chi connectivity index (χ3n) is 0.643. The summed E-state index contributed by atoms with van der Waals surface area (Å²) >= 11 is -2.43. The van der Waals surface area contributed by atoms with E-state index < -0.39 is 47.6 Å². The van der Waals surface area contributed by atoms with Crippen LogP contribution in [0.5, 0.6) is 0 Å². The summed E-state index contributed by atoms with van der Waals surface area (Å²) in [6.07, 6.45) is -4.68. The molecule has 0 aliphatic heterocycles. The van der Waals surface area contributed by atoms with Gasteiger partial charge in [-0.2, -0.15) is 26.3 Å². The molecule has 0 heterocycles. The molecule has 11 heteroatoms. The summed E-state index contributed by atoms with van der Waals surface area (Å²) in [7, 11) is -5.75. The molecule has 0 radical (unpaired) electrons. The monoisotopic (exact) mass is 357 g/mol. The zero-order valence-corrected chi connectivity index (χ0v) is 9.00. The van der Waals surface area contributed by atoms with Crippen LogP contribution >= 0.6 is 0 Å². The van der Waals surface area contributed by atoms with Crippen LogP contribution in [-0.4, -0.2) is 24.5 Å². The highest BCUT2D eigenvalue weighted by atomic mass is 127. The van der Waals surface area contributed by atoms with Crippen molar-refractivity contribution in [2.45, 2.75) is 11.7 Å². The minimum absolute atomic E-state index is 1.60. The number of nitrogens with zero attached hydrogens (tertiary/aromatic N) is 1. The number of sulfonamides is 1. The lowest BCUT2D eigenvalue weighted by molar-refractivity contribution is -0.623. The zero-order chi connectivity index (χ0) is 11.6. The minimum Gasteiger partial charge on any atom is -0.283 e. The first kappa shape index (κ1) is 14.2. The molecule has 0 unspecified atom stereocenters. The standard InChI is InChI=1S/C3H2F6INO2S/c4-2(5,6)1-10-11-14(12,13)3(7,8)9/h1H2. The Balaban J connectivity index is 4.17. The highest BCUT2D eigenvalue weighted by Gasteiger charge is 2.42. The molecule has 0 aliphatic carbocycles. The molecule has 0 aliphatic rings. The van der Waals surface area contributed by atoms with Gasteiger partial charge in [-0.15, -0.1) is 0 Å². The number of hydrogen-bond acceptors (Lipinski definition) is 2. The molecular formula is C3H2F6INO2S. The van der Waals surface area contributed by atoms with E-state index in [2.05, 4.69) is 0 Å². The molecule has 0 atom stereocenters. The first-order valence-electron chi connectivity index (χ1n) is 2.64. The topological polar surface area (TPSA) is 48.2 Å². The van der Waals surface area contributed by atoms with Gasteiger partial charge in [0.1, 0.15) is 0 Å². The minimum atomic E-state index is -5.75. The Kier molecular flexibility index (Phi) is 4.45. The Morgan fingerprint density at radius 2 is 1.50 bits per heavy atom. The lowest BCUT2D eigenvalue weighted by atomic mass is 10.8. The average Bonchev–Trinajstić information content (AvgIpc) is 1.80. The molecule has 0 amide bonds. The van der Waals surface area contributed by atoms with Crippen molar-refractivity contribution in [3.63, 3.8) is 0 Å². The van der Waals surface area contributed by atoms with Crippen LogP contribution in [-0.2, 0) is 10.0 Å². The normalized spacial score (nSPS) is 14.4. The second kappa shape index (κ2) is 4.38. The van der Waals surface area contributed by atoms with Gasteiger partial charge >= 0.3 is 11.7 Å². The highest BCUT2D eigenvalue weighted by Crippen LogP contribution is 2.24. The van der Waals surface area contributed by atoms with Crippen molar-refractivity contribution >= 4 is 10.0 Å². The van der Waals surface area contributed by atoms with E-state index in [1.54, 1.807) is 0 Å². The van der Waals surface area contributed by atoms with Gasteiger partial charge in [0.25, 0.3) is 0 Å². The van der Waals surface area contributed by atoms with Crippen molar-refractivity contribution in [3.05, 3.63) is 2.94 Å². The Morgan fingerprint density at radius 1 is 1.07 bits per heavy atom. The molecule has 14 heavy (non-hydrogen) atoms. The number of rotatable bonds is 3. The van der Waals surface area contributed by atoms with Crippen molar-refractivity contribution < 1.29 is 56.2 Å². The van der Waals surface area contributed by atoms with Crippen LogP contribution < -0.4 is 21.5 Å². The SMILES string of the molecule is O=S(=O)([N-][I+]CC(F)(F)F)C(F)(F)F. The van der Waals surface area contributed by atoms with Crippen molar-refractivity contribution in [2.24, 2.45) is 0 Å². The summed E-state index contributed by atoms with van der Waals surface area (Å²) in [6, 6.07) is 0. The quantitative estimate of drug-likeness (QED) is 0.361. The van der Waals surface area contributed by atoms with Gasteiger partial charge in [0, 0.05) is 0 Å². The fourth-order valence-corrected chi connectivity index (χ4v) is 3.03. The van der Waals surface area contributed by atoms with E-state index in [1.165, 1.54) is 0 Å². The third kappa shape index (κ3) is 5.19.